The van der Waals surface area contributed by atoms with Crippen LogP contribution in [-0.4, -0.2) is 174 Å². The molecular weight excluding hydrogens is 796 g/mol. The van der Waals surface area contributed by atoms with Crippen LogP contribution in [0, 0.1) is 0 Å². The predicted octanol–water partition coefficient (Wildman–Crippen LogP) is -11.9. The lowest BCUT2D eigenvalue weighted by molar-refractivity contribution is 0.562. The Balaban J connectivity index is 1.60. The van der Waals surface area contributed by atoms with Gasteiger partial charge in [-0.2, -0.15) is 0 Å². The molecule has 0 fully saturated rings. The zero-order valence-corrected chi connectivity index (χ0v) is 36.4. The van der Waals surface area contributed by atoms with Gasteiger partial charge < -0.3 is 4.57 Å². The molecule has 8 aromatic rings. The van der Waals surface area contributed by atoms with Gasteiger partial charge in [0, 0.05) is 5.56 Å². The Kier molecular flexibility index (Phi) is 11.9. The van der Waals surface area contributed by atoms with Gasteiger partial charge in [0.15, 0.2) is 0 Å². The molecule has 0 N–H and O–H groups in total. The number of fused-ring (bicyclic) bond motifs is 3. The molecule has 2 nitrogen and oxygen atoms in total. The highest BCUT2D eigenvalue weighted by Crippen LogP contribution is 2.47. The fraction of sp³-hybridized carbons (Fsp3) is 0.0444. The van der Waals surface area contributed by atoms with E-state index in [2.05, 4.69) is 0 Å². The van der Waals surface area contributed by atoms with Crippen molar-refractivity contribution >= 4 is 296 Å². The molecule has 0 atom stereocenters. The van der Waals surface area contributed by atoms with Gasteiger partial charge in [-0.3, -0.25) is 0 Å². The number of hydrogen-bond acceptors (Lipinski definition) is 1. The van der Waals surface area contributed by atoms with Crippen LogP contribution in [0.1, 0.15) is 11.4 Å². The standard InChI is InChI=1S/C45H11B21N2/c46-25-18(26(47)34(55)41(62)33(25)54)13-9-12(10-14(11-13)19-27(48)35(56)42(63)36(57)28(19)49)17-20-22(31(52)39(60)37(58)29(20)50)24(23-21(17)30(51)38(59)40(61)32(23)53)44(7-3-4-8-44)68-16-6-2-1-5-15(16)67-43(68)45(64,65)66/h1-11H. The summed E-state index contributed by atoms with van der Waals surface area (Å²) in [5.74, 6) is 0.0528. The summed E-state index contributed by atoms with van der Waals surface area (Å²) in [5, 5.41) is -1.14. The average molecular weight is 807 g/mol. The van der Waals surface area contributed by atoms with Crippen LogP contribution < -0.4 is 98.3 Å². The molecule has 1 aliphatic rings. The number of nitrogens with zero attached hydrogens (tertiary/aromatic N) is 2. The molecule has 0 spiro atoms. The maximum atomic E-state index is 7.23. The van der Waals surface area contributed by atoms with Crippen molar-refractivity contribution in [2.75, 3.05) is 0 Å². The highest BCUT2D eigenvalue weighted by Gasteiger charge is 2.41. The molecule has 264 valence electrons. The first-order chi connectivity index (χ1) is 31.9. The van der Waals surface area contributed by atoms with Crippen molar-refractivity contribution in [3.8, 4) is 33.4 Å². The summed E-state index contributed by atoms with van der Waals surface area (Å²) in [5.41, 5.74) is 0.731. The minimum atomic E-state index is -2.03. The Morgan fingerprint density at radius 3 is 1.09 bits per heavy atom. The first kappa shape index (κ1) is 48.4. The van der Waals surface area contributed by atoms with E-state index in [1.165, 1.54) is 0 Å². The Hall–Kier alpha value is -4.63. The summed E-state index contributed by atoms with van der Waals surface area (Å²) in [4.78, 5) is 4.84. The summed E-state index contributed by atoms with van der Waals surface area (Å²) in [6.07, 6.45) is 7.28. The van der Waals surface area contributed by atoms with Crippen molar-refractivity contribution in [1.29, 1.82) is 0 Å². The van der Waals surface area contributed by atoms with Gasteiger partial charge in [-0.25, -0.2) is 4.98 Å². The predicted molar refractivity (Wildman–Crippen MR) is 309 cm³/mol. The third-order valence-electron chi connectivity index (χ3n) is 13.0. The zero-order valence-electron chi connectivity index (χ0n) is 36.4. The summed E-state index contributed by atoms with van der Waals surface area (Å²) in [6.45, 7) is 0. The first-order valence-electron chi connectivity index (χ1n) is 20.6. The minimum Gasteiger partial charge on any atom is -0.312 e. The van der Waals surface area contributed by atoms with Crippen molar-refractivity contribution in [2.24, 2.45) is 0 Å². The van der Waals surface area contributed by atoms with Crippen molar-refractivity contribution in [1.82, 2.24) is 9.55 Å². The van der Waals surface area contributed by atoms with E-state index in [9.17, 15) is 0 Å². The Morgan fingerprint density at radius 1 is 0.382 bits per heavy atom. The van der Waals surface area contributed by atoms with Gasteiger partial charge in [0.2, 0.25) is 0 Å². The third kappa shape index (κ3) is 6.80. The first-order valence-corrected chi connectivity index (χ1v) is 20.6. The van der Waals surface area contributed by atoms with Crippen LogP contribution in [0.3, 0.4) is 0 Å². The lowest BCUT2D eigenvalue weighted by Gasteiger charge is -2.39. The summed E-state index contributed by atoms with van der Waals surface area (Å²) < 4.78 is 1.77. The van der Waals surface area contributed by atoms with Crippen molar-refractivity contribution in [2.45, 2.75) is 10.7 Å². The van der Waals surface area contributed by atoms with Crippen LogP contribution in [-0.2, 0) is 10.7 Å². The van der Waals surface area contributed by atoms with Gasteiger partial charge in [-0.05, 0) is 85.3 Å². The molecule has 0 bridgehead atoms. The van der Waals surface area contributed by atoms with Gasteiger partial charge >= 0.3 is 0 Å². The number of para-hydroxylation sites is 2. The maximum Gasteiger partial charge on any atom is 0.113 e. The molecule has 68 heavy (non-hydrogen) atoms. The number of aromatic nitrogens is 2. The fourth-order valence-electron chi connectivity index (χ4n) is 9.60. The quantitative estimate of drug-likeness (QED) is 0.121. The molecule has 0 unspecified atom stereocenters. The molecule has 0 aliphatic heterocycles. The van der Waals surface area contributed by atoms with Crippen LogP contribution >= 0.6 is 0 Å². The normalized spacial score (nSPS) is 13.4. The number of imidazole rings is 1. The van der Waals surface area contributed by atoms with Gasteiger partial charge in [-0.15, -0.1) is 54.6 Å². The summed E-state index contributed by atoms with van der Waals surface area (Å²) in [6, 6.07) is 12.3. The highest BCUT2D eigenvalue weighted by atomic mass is 15.1. The molecule has 7 aromatic carbocycles. The van der Waals surface area contributed by atoms with E-state index in [0.29, 0.717) is 33.3 Å². The zero-order chi connectivity index (χ0) is 49.5. The fourth-order valence-corrected chi connectivity index (χ4v) is 9.60. The molecule has 0 saturated heterocycles. The van der Waals surface area contributed by atoms with E-state index < -0.39 is 10.7 Å². The molecule has 1 aliphatic carbocycles. The third-order valence-corrected chi connectivity index (χ3v) is 13.0. The minimum absolute atomic E-state index is 0.0120. The Labute approximate surface area is 424 Å². The van der Waals surface area contributed by atoms with E-state index in [0.717, 1.165) is 0 Å². The number of benzene rings is 7. The SMILES string of the molecule is [B]c1c([B])c([B])c(-c2cc(-c3c([B])c([B])c([B])c([B])c3[B])cc(-c3c4c([B])c([B])c([B])c([B])c4c(C4(n5c(C([B])([B])[B])nc6ccccc65)C=CC=C4)c4c([B])c([B])c([B])c([B])c34)c2)c([B])c1[B]. The van der Waals surface area contributed by atoms with Crippen molar-refractivity contribution in [3.05, 3.63) is 78.2 Å². The lowest BCUT2D eigenvalue weighted by Crippen LogP contribution is -2.55. The van der Waals surface area contributed by atoms with E-state index >= 15 is 0 Å². The van der Waals surface area contributed by atoms with E-state index in [1.54, 1.807) is 47.1 Å². The Bertz CT molecular complexity index is 3420. The summed E-state index contributed by atoms with van der Waals surface area (Å²) >= 11 is 0. The molecule has 9 rings (SSSR count). The number of rotatable bonds is 6. The van der Waals surface area contributed by atoms with Crippen molar-refractivity contribution in [3.63, 3.8) is 0 Å². The number of hydrogen-bond donors (Lipinski definition) is 0. The average Bonchev–Trinajstić information content (AvgIpc) is 3.97. The van der Waals surface area contributed by atoms with Gasteiger partial charge in [0.1, 0.15) is 147 Å². The highest BCUT2D eigenvalue weighted by molar-refractivity contribution is 6.73. The molecule has 42 radical (unpaired) electrons. The van der Waals surface area contributed by atoms with Gasteiger partial charge in [0.25, 0.3) is 0 Å². The molecule has 23 heteroatoms. The lowest BCUT2D eigenvalue weighted by atomic mass is 9.42. The number of allylic oxidation sites excluding steroid dienone is 4. The van der Waals surface area contributed by atoms with Crippen LogP contribution in [0.4, 0.5) is 0 Å². The molecular formula is C45H11B21N2. The van der Waals surface area contributed by atoms with E-state index in [1.807, 2.05) is 24.3 Å². The van der Waals surface area contributed by atoms with Gasteiger partial charge in [-0.1, -0.05) is 85.3 Å². The molecule has 0 amide bonds. The van der Waals surface area contributed by atoms with Crippen LogP contribution in [0.2, 0.25) is 0 Å². The monoisotopic (exact) mass is 810 g/mol. The second kappa shape index (κ2) is 16.8. The Morgan fingerprint density at radius 2 is 0.706 bits per heavy atom. The molecule has 1 heterocycles. The smallest absolute Gasteiger partial charge is 0.113 e. The van der Waals surface area contributed by atoms with Crippen LogP contribution in [0.25, 0.3) is 66.0 Å². The second-order valence-electron chi connectivity index (χ2n) is 17.0. The van der Waals surface area contributed by atoms with Crippen molar-refractivity contribution < 1.29 is 0 Å². The summed E-state index contributed by atoms with van der Waals surface area (Å²) in [7, 11) is 141. The maximum absolute atomic E-state index is 7.23. The topological polar surface area (TPSA) is 17.8 Å². The second-order valence-corrected chi connectivity index (χ2v) is 17.0. The van der Waals surface area contributed by atoms with E-state index in [4.69, 9.17) is 170 Å². The van der Waals surface area contributed by atoms with E-state index in [-0.39, 0.29) is 142 Å². The largest absolute Gasteiger partial charge is 0.312 e. The van der Waals surface area contributed by atoms with Crippen LogP contribution in [0.5, 0.6) is 0 Å². The van der Waals surface area contributed by atoms with Crippen LogP contribution in [0.15, 0.2) is 66.8 Å². The molecule has 0 saturated carbocycles. The molecule has 1 aromatic heterocycles. The van der Waals surface area contributed by atoms with Gasteiger partial charge in [0.05, 0.1) is 40.4 Å².